The van der Waals surface area contributed by atoms with Crippen LogP contribution in [0.1, 0.15) is 6.42 Å². The van der Waals surface area contributed by atoms with Gasteiger partial charge in [0.2, 0.25) is 0 Å². The van der Waals surface area contributed by atoms with Gasteiger partial charge in [0.15, 0.2) is 0 Å². The van der Waals surface area contributed by atoms with Gasteiger partial charge < -0.3 is 20.4 Å². The van der Waals surface area contributed by atoms with Crippen LogP contribution in [0.2, 0.25) is 5.02 Å². The Hall–Kier alpha value is -2.39. The normalized spacial score (nSPS) is 11.8. The van der Waals surface area contributed by atoms with Crippen LogP contribution in [0.15, 0.2) is 29.3 Å². The van der Waals surface area contributed by atoms with Crippen molar-refractivity contribution in [3.8, 4) is 5.69 Å². The number of halogens is 1. The van der Waals surface area contributed by atoms with E-state index >= 15 is 0 Å². The predicted molar refractivity (Wildman–Crippen MR) is 72.5 cm³/mol. The molecule has 10 heteroatoms. The fraction of sp³-hybridized carbons (Fsp3) is 0.273. The number of benzene rings is 1. The van der Waals surface area contributed by atoms with E-state index in [4.69, 9.17) is 16.7 Å². The van der Waals surface area contributed by atoms with Gasteiger partial charge in [0.1, 0.15) is 5.69 Å². The molecule has 2 rings (SSSR count). The molecule has 1 aromatic heterocycles. The van der Waals surface area contributed by atoms with Crippen LogP contribution in [-0.2, 0) is 0 Å². The summed E-state index contributed by atoms with van der Waals surface area (Å²) in [4.78, 5) is 15.5. The fourth-order valence-electron chi connectivity index (χ4n) is 1.63. The van der Waals surface area contributed by atoms with Crippen LogP contribution >= 0.6 is 11.6 Å². The summed E-state index contributed by atoms with van der Waals surface area (Å²) >= 11 is 5.84. The number of nitrogens with zero attached hydrogens (tertiary/aromatic N) is 5. The van der Waals surface area contributed by atoms with E-state index in [1.807, 2.05) is 0 Å². The van der Waals surface area contributed by atoms with Crippen molar-refractivity contribution < 1.29 is 15.2 Å². The van der Waals surface area contributed by atoms with Crippen molar-refractivity contribution in [3.05, 3.63) is 44.9 Å². The second-order valence-corrected chi connectivity index (χ2v) is 4.46. The molecule has 0 unspecified atom stereocenters. The molecule has 0 radical (unpaired) electrons. The number of rotatable bonds is 5. The second kappa shape index (κ2) is 6.37. The number of nitro groups is 1. The number of hydrogen-bond acceptors (Lipinski definition) is 6. The molecule has 0 aliphatic rings. The largest absolute Gasteiger partial charge is 0.438 e. The molecule has 0 saturated carbocycles. The minimum atomic E-state index is -0.744. The highest BCUT2D eigenvalue weighted by Crippen LogP contribution is 2.14. The van der Waals surface area contributed by atoms with Crippen molar-refractivity contribution in [1.82, 2.24) is 14.7 Å². The van der Waals surface area contributed by atoms with Gasteiger partial charge in [0.05, 0.1) is 5.10 Å². The van der Waals surface area contributed by atoms with Gasteiger partial charge in [-0.25, -0.2) is 0 Å². The quantitative estimate of drug-likeness (QED) is 0.365. The van der Waals surface area contributed by atoms with Gasteiger partial charge in [0, 0.05) is 18.2 Å². The lowest BCUT2D eigenvalue weighted by atomic mass is 10.3. The van der Waals surface area contributed by atoms with Crippen LogP contribution in [0, 0.1) is 10.1 Å². The van der Waals surface area contributed by atoms with Crippen LogP contribution in [0.4, 0.5) is 5.82 Å². The average molecular weight is 314 g/mol. The first kappa shape index (κ1) is 15.0. The predicted octanol–water partition coefficient (Wildman–Crippen LogP) is 0.756. The Morgan fingerprint density at radius 1 is 1.48 bits per heavy atom. The van der Waals surface area contributed by atoms with E-state index in [1.54, 1.807) is 18.2 Å². The molecule has 0 amide bonds. The molecule has 0 spiro atoms. The third kappa shape index (κ3) is 3.20. The van der Waals surface area contributed by atoms with Gasteiger partial charge in [-0.2, -0.15) is 0 Å². The zero-order chi connectivity index (χ0) is 15.4. The van der Waals surface area contributed by atoms with Gasteiger partial charge in [-0.05, 0) is 34.3 Å². The minimum absolute atomic E-state index is 0.106. The van der Waals surface area contributed by atoms with E-state index in [0.29, 0.717) is 22.0 Å². The molecule has 9 nitrogen and oxygen atoms in total. The van der Waals surface area contributed by atoms with Crippen LogP contribution in [0.5, 0.6) is 0 Å². The van der Waals surface area contributed by atoms with Gasteiger partial charge in [-0.1, -0.05) is 22.5 Å². The molecule has 21 heavy (non-hydrogen) atoms. The summed E-state index contributed by atoms with van der Waals surface area (Å²) in [6, 6.07) is 6.31. The van der Waals surface area contributed by atoms with E-state index in [2.05, 4.69) is 10.1 Å². The Kier molecular flexibility index (Phi) is 4.55. The molecule has 0 atom stereocenters. The van der Waals surface area contributed by atoms with Gasteiger partial charge in [-0.15, -0.1) is 0 Å². The highest BCUT2D eigenvalue weighted by Gasteiger charge is 2.23. The van der Waals surface area contributed by atoms with E-state index in [9.17, 15) is 15.3 Å². The van der Waals surface area contributed by atoms with Crippen molar-refractivity contribution in [3.63, 3.8) is 0 Å². The van der Waals surface area contributed by atoms with Crippen LogP contribution < -0.4 is 5.49 Å². The number of aliphatic hydroxyl groups is 1. The highest BCUT2D eigenvalue weighted by atomic mass is 35.5. The minimum Gasteiger partial charge on any atom is -0.409 e. The van der Waals surface area contributed by atoms with E-state index in [0.717, 1.165) is 4.80 Å². The molecule has 0 saturated heterocycles. The Labute approximate surface area is 123 Å². The number of aliphatic hydroxyl groups excluding tert-OH is 1. The third-order valence-electron chi connectivity index (χ3n) is 2.55. The maximum absolute atomic E-state index is 11.0. The molecule has 0 fully saturated rings. The smallest absolute Gasteiger partial charge is 0.409 e. The van der Waals surface area contributed by atoms with Crippen molar-refractivity contribution in [2.75, 3.05) is 13.2 Å². The molecule has 1 aromatic carbocycles. The van der Waals surface area contributed by atoms with E-state index in [1.165, 1.54) is 6.07 Å². The summed E-state index contributed by atoms with van der Waals surface area (Å²) in [7, 11) is 0. The molecular formula is C11H12ClN5O4. The lowest BCUT2D eigenvalue weighted by molar-refractivity contribution is -0.391. The Balaban J connectivity index is 2.57. The molecule has 2 aromatic rings. The summed E-state index contributed by atoms with van der Waals surface area (Å²) in [6.45, 7) is 0.0182. The van der Waals surface area contributed by atoms with Crippen LogP contribution in [0.3, 0.4) is 0 Å². The Bertz CT molecular complexity index is 724. The summed E-state index contributed by atoms with van der Waals surface area (Å²) in [5.74, 6) is -0.588. The summed E-state index contributed by atoms with van der Waals surface area (Å²) in [6.07, 6.45) is 0.319. The monoisotopic (exact) mass is 313 g/mol. The van der Waals surface area contributed by atoms with Gasteiger partial charge >= 0.3 is 5.82 Å². The fourth-order valence-corrected chi connectivity index (χ4v) is 1.82. The summed E-state index contributed by atoms with van der Waals surface area (Å²) in [5.41, 5.74) is 0.0464. The summed E-state index contributed by atoms with van der Waals surface area (Å²) < 4.78 is 0. The van der Waals surface area contributed by atoms with Crippen LogP contribution in [0.25, 0.3) is 5.69 Å². The first-order chi connectivity index (χ1) is 10.0. The SMILES string of the molecule is O=[N+]([O-])c1nn(-c2cccc(Cl)c2)n(O)c1=NCCCO. The molecule has 1 heterocycles. The molecule has 0 aliphatic heterocycles. The molecule has 2 N–H and O–H groups in total. The maximum atomic E-state index is 11.0. The maximum Gasteiger partial charge on any atom is 0.438 e. The zero-order valence-corrected chi connectivity index (χ0v) is 11.5. The number of hydrogen-bond donors (Lipinski definition) is 2. The summed E-state index contributed by atoms with van der Waals surface area (Å²) in [5, 5.41) is 33.8. The topological polar surface area (TPSA) is 119 Å². The molecule has 0 aliphatic carbocycles. The van der Waals surface area contributed by atoms with Crippen molar-refractivity contribution in [2.24, 2.45) is 4.99 Å². The second-order valence-electron chi connectivity index (χ2n) is 4.02. The van der Waals surface area contributed by atoms with E-state index < -0.39 is 10.7 Å². The molecular weight excluding hydrogens is 302 g/mol. The lowest BCUT2D eigenvalue weighted by Gasteiger charge is -1.99. The standard InChI is InChI=1S/C11H12ClN5O4/c12-8-3-1-4-9(7-8)15-14-11(17(20)21)10(16(15)19)13-5-2-6-18/h1,3-4,7,18-19H,2,5-6H2. The van der Waals surface area contributed by atoms with Crippen molar-refractivity contribution >= 4 is 17.4 Å². The first-order valence-electron chi connectivity index (χ1n) is 5.98. The zero-order valence-electron chi connectivity index (χ0n) is 10.8. The van der Waals surface area contributed by atoms with E-state index in [-0.39, 0.29) is 18.6 Å². The van der Waals surface area contributed by atoms with Gasteiger partial charge in [0.25, 0.3) is 5.49 Å². The van der Waals surface area contributed by atoms with Crippen LogP contribution in [-0.4, -0.2) is 43.1 Å². The Morgan fingerprint density at radius 2 is 2.24 bits per heavy atom. The average Bonchev–Trinajstić information content (AvgIpc) is 2.77. The van der Waals surface area contributed by atoms with Gasteiger partial charge in [-0.3, -0.25) is 4.99 Å². The highest BCUT2D eigenvalue weighted by molar-refractivity contribution is 6.30. The lowest BCUT2D eigenvalue weighted by Crippen LogP contribution is -2.22. The molecule has 0 bridgehead atoms. The van der Waals surface area contributed by atoms with Crippen molar-refractivity contribution in [2.45, 2.75) is 6.42 Å². The number of aromatic nitrogens is 3. The Morgan fingerprint density at radius 3 is 2.86 bits per heavy atom. The van der Waals surface area contributed by atoms with Crippen molar-refractivity contribution in [1.29, 1.82) is 0 Å². The third-order valence-corrected chi connectivity index (χ3v) is 2.78. The first-order valence-corrected chi connectivity index (χ1v) is 6.35. The molecule has 112 valence electrons.